The van der Waals surface area contributed by atoms with Gasteiger partial charge in [0.2, 0.25) is 5.75 Å². The Morgan fingerprint density at radius 1 is 1.22 bits per heavy atom. The molecule has 1 aromatic rings. The summed E-state index contributed by atoms with van der Waals surface area (Å²) in [5.41, 5.74) is 1.10. The predicted molar refractivity (Wildman–Crippen MR) is 89.6 cm³/mol. The smallest absolute Gasteiger partial charge is 0.203 e. The van der Waals surface area contributed by atoms with Gasteiger partial charge in [-0.15, -0.1) is 0 Å². The van der Waals surface area contributed by atoms with Gasteiger partial charge in [-0.05, 0) is 31.0 Å². The number of morpholine rings is 1. The van der Waals surface area contributed by atoms with Gasteiger partial charge in [0, 0.05) is 25.2 Å². The molecule has 0 aromatic heterocycles. The molecule has 0 radical (unpaired) electrons. The van der Waals surface area contributed by atoms with E-state index in [-0.39, 0.29) is 0 Å². The summed E-state index contributed by atoms with van der Waals surface area (Å²) < 4.78 is 21.6. The number of rotatable bonds is 8. The molecule has 1 aliphatic heterocycles. The Labute approximate surface area is 138 Å². The molecular formula is C17H28N2O4. The highest BCUT2D eigenvalue weighted by Crippen LogP contribution is 2.38. The standard InChI is InChI=1S/C17H28N2O4/c1-12(7-14-11-23-6-5-18-14)19-10-13-8-15(20-2)17(22-4)16(9-13)21-3/h8-9,12,14,18-19H,5-7,10-11H2,1-4H3. The third kappa shape index (κ3) is 4.99. The lowest BCUT2D eigenvalue weighted by atomic mass is 10.1. The highest BCUT2D eigenvalue weighted by Gasteiger charge is 2.17. The van der Waals surface area contributed by atoms with Crippen molar-refractivity contribution in [3.05, 3.63) is 17.7 Å². The summed E-state index contributed by atoms with van der Waals surface area (Å²) in [6.45, 7) is 5.46. The fraction of sp³-hybridized carbons (Fsp3) is 0.647. The fourth-order valence-electron chi connectivity index (χ4n) is 2.81. The Hall–Kier alpha value is -1.50. The van der Waals surface area contributed by atoms with Crippen molar-refractivity contribution >= 4 is 0 Å². The number of benzene rings is 1. The van der Waals surface area contributed by atoms with E-state index in [2.05, 4.69) is 17.6 Å². The lowest BCUT2D eigenvalue weighted by molar-refractivity contribution is 0.0712. The lowest BCUT2D eigenvalue weighted by Crippen LogP contribution is -2.44. The van der Waals surface area contributed by atoms with Crippen LogP contribution in [-0.4, -0.2) is 53.2 Å². The Kier molecular flexibility index (Phi) is 6.95. The van der Waals surface area contributed by atoms with E-state index >= 15 is 0 Å². The summed E-state index contributed by atoms with van der Waals surface area (Å²) in [6, 6.07) is 4.76. The first kappa shape index (κ1) is 17.8. The number of hydrogen-bond donors (Lipinski definition) is 2. The second-order valence-corrected chi connectivity index (χ2v) is 5.78. The predicted octanol–water partition coefficient (Wildman–Crippen LogP) is 1.57. The van der Waals surface area contributed by atoms with E-state index < -0.39 is 0 Å². The van der Waals surface area contributed by atoms with Gasteiger partial charge in [0.25, 0.3) is 0 Å². The van der Waals surface area contributed by atoms with Gasteiger partial charge >= 0.3 is 0 Å². The van der Waals surface area contributed by atoms with Gasteiger partial charge in [-0.3, -0.25) is 0 Å². The van der Waals surface area contributed by atoms with Crippen molar-refractivity contribution in [3.8, 4) is 17.2 Å². The van der Waals surface area contributed by atoms with Crippen LogP contribution < -0.4 is 24.8 Å². The highest BCUT2D eigenvalue weighted by atomic mass is 16.5. The molecule has 0 bridgehead atoms. The minimum Gasteiger partial charge on any atom is -0.493 e. The molecule has 2 rings (SSSR count). The average Bonchev–Trinajstić information content (AvgIpc) is 2.59. The molecule has 6 heteroatoms. The number of nitrogens with one attached hydrogen (secondary N) is 2. The van der Waals surface area contributed by atoms with Crippen molar-refractivity contribution < 1.29 is 18.9 Å². The van der Waals surface area contributed by atoms with Crippen LogP contribution in [0.1, 0.15) is 18.9 Å². The maximum absolute atomic E-state index is 5.49. The maximum atomic E-state index is 5.49. The zero-order valence-electron chi connectivity index (χ0n) is 14.5. The van der Waals surface area contributed by atoms with E-state index in [1.807, 2.05) is 12.1 Å². The summed E-state index contributed by atoms with van der Waals surface area (Å²) in [6.07, 6.45) is 1.03. The van der Waals surface area contributed by atoms with E-state index in [4.69, 9.17) is 18.9 Å². The van der Waals surface area contributed by atoms with E-state index in [9.17, 15) is 0 Å². The third-order valence-electron chi connectivity index (χ3n) is 4.02. The molecule has 2 N–H and O–H groups in total. The van der Waals surface area contributed by atoms with E-state index in [0.29, 0.717) is 29.3 Å². The summed E-state index contributed by atoms with van der Waals surface area (Å²) in [5, 5.41) is 7.02. The molecule has 0 amide bonds. The van der Waals surface area contributed by atoms with Gasteiger partial charge < -0.3 is 29.6 Å². The van der Waals surface area contributed by atoms with Crippen LogP contribution in [0, 0.1) is 0 Å². The van der Waals surface area contributed by atoms with Crippen LogP contribution in [0.15, 0.2) is 12.1 Å². The van der Waals surface area contributed by atoms with Crippen LogP contribution in [-0.2, 0) is 11.3 Å². The van der Waals surface area contributed by atoms with Crippen LogP contribution in [0.4, 0.5) is 0 Å². The number of methoxy groups -OCH3 is 3. The molecule has 0 saturated carbocycles. The van der Waals surface area contributed by atoms with E-state index in [0.717, 1.165) is 38.3 Å². The molecule has 0 spiro atoms. The molecule has 0 aliphatic carbocycles. The average molecular weight is 324 g/mol. The second kappa shape index (κ2) is 8.96. The third-order valence-corrected chi connectivity index (χ3v) is 4.02. The summed E-state index contributed by atoms with van der Waals surface area (Å²) in [7, 11) is 4.87. The van der Waals surface area contributed by atoms with Crippen LogP contribution in [0.25, 0.3) is 0 Å². The van der Waals surface area contributed by atoms with Gasteiger partial charge in [0.1, 0.15) is 0 Å². The Bertz CT molecular complexity index is 464. The van der Waals surface area contributed by atoms with Crippen molar-refractivity contribution in [1.82, 2.24) is 10.6 Å². The van der Waals surface area contributed by atoms with Crippen molar-refractivity contribution in [1.29, 1.82) is 0 Å². The number of ether oxygens (including phenoxy) is 4. The quantitative estimate of drug-likeness (QED) is 0.757. The molecule has 1 saturated heterocycles. The molecular weight excluding hydrogens is 296 g/mol. The lowest BCUT2D eigenvalue weighted by Gasteiger charge is -2.26. The van der Waals surface area contributed by atoms with Crippen LogP contribution in [0.5, 0.6) is 17.2 Å². The molecule has 1 fully saturated rings. The molecule has 2 atom stereocenters. The molecule has 2 unspecified atom stereocenters. The van der Waals surface area contributed by atoms with Crippen molar-refractivity contribution in [2.45, 2.75) is 32.0 Å². The van der Waals surface area contributed by atoms with Gasteiger partial charge in [-0.25, -0.2) is 0 Å². The Balaban J connectivity index is 1.93. The summed E-state index contributed by atoms with van der Waals surface area (Å²) >= 11 is 0. The molecule has 1 heterocycles. The Morgan fingerprint density at radius 3 is 2.43 bits per heavy atom. The largest absolute Gasteiger partial charge is 0.493 e. The van der Waals surface area contributed by atoms with Crippen LogP contribution in [0.3, 0.4) is 0 Å². The zero-order valence-corrected chi connectivity index (χ0v) is 14.5. The second-order valence-electron chi connectivity index (χ2n) is 5.78. The minimum absolute atomic E-state index is 0.383. The minimum atomic E-state index is 0.383. The van der Waals surface area contributed by atoms with Crippen molar-refractivity contribution in [2.75, 3.05) is 41.1 Å². The SMILES string of the molecule is COc1cc(CNC(C)CC2COCCN2)cc(OC)c1OC. The first-order valence-electron chi connectivity index (χ1n) is 8.01. The molecule has 6 nitrogen and oxygen atoms in total. The van der Waals surface area contributed by atoms with Crippen molar-refractivity contribution in [3.63, 3.8) is 0 Å². The van der Waals surface area contributed by atoms with Gasteiger partial charge in [0.05, 0.1) is 34.5 Å². The van der Waals surface area contributed by atoms with Gasteiger partial charge in [0.15, 0.2) is 11.5 Å². The topological polar surface area (TPSA) is 61.0 Å². The molecule has 130 valence electrons. The molecule has 1 aromatic carbocycles. The van der Waals surface area contributed by atoms with E-state index in [1.54, 1.807) is 21.3 Å². The summed E-state index contributed by atoms with van der Waals surface area (Å²) in [5.74, 6) is 1.98. The first-order chi connectivity index (χ1) is 11.2. The van der Waals surface area contributed by atoms with Gasteiger partial charge in [-0.2, -0.15) is 0 Å². The van der Waals surface area contributed by atoms with Crippen LogP contribution >= 0.6 is 0 Å². The van der Waals surface area contributed by atoms with Crippen molar-refractivity contribution in [2.24, 2.45) is 0 Å². The van der Waals surface area contributed by atoms with E-state index in [1.165, 1.54) is 0 Å². The fourth-order valence-corrected chi connectivity index (χ4v) is 2.81. The number of hydrogen-bond acceptors (Lipinski definition) is 6. The first-order valence-corrected chi connectivity index (χ1v) is 8.01. The van der Waals surface area contributed by atoms with Gasteiger partial charge in [-0.1, -0.05) is 0 Å². The van der Waals surface area contributed by atoms with Crippen LogP contribution in [0.2, 0.25) is 0 Å². The normalized spacial score (nSPS) is 19.2. The highest BCUT2D eigenvalue weighted by molar-refractivity contribution is 5.53. The maximum Gasteiger partial charge on any atom is 0.203 e. The molecule has 1 aliphatic rings. The monoisotopic (exact) mass is 324 g/mol. The summed E-state index contributed by atoms with van der Waals surface area (Å²) in [4.78, 5) is 0. The zero-order chi connectivity index (χ0) is 16.7. The molecule has 23 heavy (non-hydrogen) atoms. The Morgan fingerprint density at radius 2 is 1.91 bits per heavy atom.